The lowest BCUT2D eigenvalue weighted by atomic mass is 10.1. The number of nitrogens with zero attached hydrogens (tertiary/aromatic N) is 2. The van der Waals surface area contributed by atoms with Crippen LogP contribution < -0.4 is 10.1 Å². The number of aromatic nitrogens is 1. The molecule has 0 atom stereocenters. The summed E-state index contributed by atoms with van der Waals surface area (Å²) in [5, 5.41) is 4.17. The van der Waals surface area contributed by atoms with Crippen LogP contribution in [0.5, 0.6) is 5.75 Å². The number of carbonyl (C=O) groups is 2. The van der Waals surface area contributed by atoms with Crippen molar-refractivity contribution in [2.75, 3.05) is 25.0 Å². The maximum atomic E-state index is 12.5. The second-order valence-corrected chi connectivity index (χ2v) is 7.73. The van der Waals surface area contributed by atoms with Crippen molar-refractivity contribution in [3.05, 3.63) is 63.8 Å². The summed E-state index contributed by atoms with van der Waals surface area (Å²) in [7, 11) is 0. The van der Waals surface area contributed by atoms with E-state index in [1.54, 1.807) is 35.2 Å². The van der Waals surface area contributed by atoms with Gasteiger partial charge in [-0.25, -0.2) is 4.98 Å². The molecule has 0 spiro atoms. The first-order chi connectivity index (χ1) is 14.8. The van der Waals surface area contributed by atoms with Gasteiger partial charge in [0.05, 0.1) is 10.0 Å². The van der Waals surface area contributed by atoms with Gasteiger partial charge in [0.25, 0.3) is 11.8 Å². The van der Waals surface area contributed by atoms with E-state index in [0.29, 0.717) is 46.0 Å². The number of halogens is 2. The van der Waals surface area contributed by atoms with Crippen molar-refractivity contribution in [2.24, 2.45) is 0 Å². The molecule has 162 valence electrons. The Morgan fingerprint density at radius 2 is 1.81 bits per heavy atom. The van der Waals surface area contributed by atoms with Crippen LogP contribution in [0.4, 0.5) is 5.69 Å². The molecule has 1 heterocycles. The van der Waals surface area contributed by atoms with Crippen LogP contribution in [-0.4, -0.2) is 41.4 Å². The summed E-state index contributed by atoms with van der Waals surface area (Å²) in [5.41, 5.74) is 2.29. The molecule has 1 aromatic heterocycles. The Hall–Kier alpha value is -2.83. The highest BCUT2D eigenvalue weighted by atomic mass is 35.5. The molecule has 0 aliphatic heterocycles. The number of carbonyl (C=O) groups excluding carboxylic acids is 2. The molecule has 0 aliphatic carbocycles. The van der Waals surface area contributed by atoms with Gasteiger partial charge in [0, 0.05) is 35.4 Å². The van der Waals surface area contributed by atoms with Crippen LogP contribution in [0.1, 0.15) is 29.9 Å². The number of rotatable bonds is 7. The van der Waals surface area contributed by atoms with E-state index < -0.39 is 0 Å². The van der Waals surface area contributed by atoms with Crippen LogP contribution in [-0.2, 0) is 4.79 Å². The van der Waals surface area contributed by atoms with Gasteiger partial charge in [-0.3, -0.25) is 9.59 Å². The second kappa shape index (κ2) is 9.98. The monoisotopic (exact) mass is 459 g/mol. The van der Waals surface area contributed by atoms with E-state index in [1.807, 2.05) is 32.9 Å². The average molecular weight is 460 g/mol. The van der Waals surface area contributed by atoms with Crippen molar-refractivity contribution >= 4 is 51.6 Å². The lowest BCUT2D eigenvalue weighted by Crippen LogP contribution is -2.30. The van der Waals surface area contributed by atoms with Gasteiger partial charge in [0.1, 0.15) is 5.52 Å². The lowest BCUT2D eigenvalue weighted by molar-refractivity contribution is -0.118. The number of aryl methyl sites for hydroxylation is 1. The predicted octanol–water partition coefficient (Wildman–Crippen LogP) is 5.35. The van der Waals surface area contributed by atoms with Gasteiger partial charge in [0.15, 0.2) is 12.4 Å². The van der Waals surface area contributed by atoms with Gasteiger partial charge in [-0.15, -0.1) is 0 Å². The topological polar surface area (TPSA) is 71.5 Å². The zero-order valence-electron chi connectivity index (χ0n) is 17.5. The quantitative estimate of drug-likeness (QED) is 0.516. The summed E-state index contributed by atoms with van der Waals surface area (Å²) in [4.78, 5) is 31.2. The van der Waals surface area contributed by atoms with E-state index in [1.165, 1.54) is 0 Å². The van der Waals surface area contributed by atoms with Crippen molar-refractivity contribution in [1.82, 2.24) is 9.88 Å². The molecule has 3 rings (SSSR count). The molecule has 3 aromatic rings. The third-order valence-corrected chi connectivity index (χ3v) is 5.36. The smallest absolute Gasteiger partial charge is 0.262 e. The number of pyridine rings is 1. The highest BCUT2D eigenvalue weighted by Gasteiger charge is 2.16. The first-order valence-corrected chi connectivity index (χ1v) is 10.7. The molecule has 0 radical (unpaired) electrons. The van der Waals surface area contributed by atoms with Crippen LogP contribution in [0.15, 0.2) is 42.5 Å². The second-order valence-electron chi connectivity index (χ2n) is 6.91. The number of amides is 2. The molecule has 0 saturated heterocycles. The Morgan fingerprint density at radius 3 is 2.52 bits per heavy atom. The van der Waals surface area contributed by atoms with Gasteiger partial charge in [-0.1, -0.05) is 29.3 Å². The third kappa shape index (κ3) is 5.27. The fourth-order valence-corrected chi connectivity index (χ4v) is 3.76. The van der Waals surface area contributed by atoms with Gasteiger partial charge in [-0.05, 0) is 57.2 Å². The number of fused-ring (bicyclic) bond motifs is 1. The predicted molar refractivity (Wildman–Crippen MR) is 124 cm³/mol. The van der Waals surface area contributed by atoms with Crippen molar-refractivity contribution in [2.45, 2.75) is 20.8 Å². The number of hydrogen-bond acceptors (Lipinski definition) is 4. The summed E-state index contributed by atoms with van der Waals surface area (Å²) < 4.78 is 5.70. The molecule has 1 N–H and O–H groups in total. The van der Waals surface area contributed by atoms with Crippen molar-refractivity contribution in [3.63, 3.8) is 0 Å². The first-order valence-electron chi connectivity index (χ1n) is 9.91. The molecule has 8 heteroatoms. The van der Waals surface area contributed by atoms with Crippen LogP contribution in [0, 0.1) is 6.92 Å². The third-order valence-electron chi connectivity index (χ3n) is 4.77. The Bertz CT molecular complexity index is 1130. The minimum Gasteiger partial charge on any atom is -0.480 e. The molecular formula is C23H23Cl2N3O3. The number of anilines is 1. The normalized spacial score (nSPS) is 10.7. The van der Waals surface area contributed by atoms with Gasteiger partial charge < -0.3 is 15.0 Å². The van der Waals surface area contributed by atoms with E-state index >= 15 is 0 Å². The zero-order valence-corrected chi connectivity index (χ0v) is 19.0. The largest absolute Gasteiger partial charge is 0.480 e. The molecule has 0 aliphatic rings. The molecule has 2 aromatic carbocycles. The molecule has 0 fully saturated rings. The molecule has 6 nitrogen and oxygen atoms in total. The summed E-state index contributed by atoms with van der Waals surface area (Å²) in [6.45, 7) is 6.64. The van der Waals surface area contributed by atoms with Crippen LogP contribution in [0.2, 0.25) is 10.0 Å². The van der Waals surface area contributed by atoms with E-state index in [-0.39, 0.29) is 23.4 Å². The minimum atomic E-state index is -0.390. The summed E-state index contributed by atoms with van der Waals surface area (Å²) in [6.07, 6.45) is 0. The lowest BCUT2D eigenvalue weighted by Gasteiger charge is -2.19. The highest BCUT2D eigenvalue weighted by Crippen LogP contribution is 2.37. The van der Waals surface area contributed by atoms with E-state index in [2.05, 4.69) is 10.3 Å². The Balaban J connectivity index is 1.74. The number of ether oxygens (including phenoxy) is 1. The average Bonchev–Trinajstić information content (AvgIpc) is 2.74. The van der Waals surface area contributed by atoms with Crippen LogP contribution in [0.25, 0.3) is 10.9 Å². The highest BCUT2D eigenvalue weighted by molar-refractivity contribution is 6.39. The van der Waals surface area contributed by atoms with Crippen LogP contribution >= 0.6 is 23.2 Å². The summed E-state index contributed by atoms with van der Waals surface area (Å²) in [6, 6.07) is 12.1. The van der Waals surface area contributed by atoms with E-state index in [4.69, 9.17) is 27.9 Å². The minimum absolute atomic E-state index is 0.0850. The SMILES string of the molecule is CCN(CC)C(=O)c1cccc(NC(=O)COc2c(Cl)cc(Cl)c3ccc(C)nc23)c1. The Morgan fingerprint density at radius 1 is 1.06 bits per heavy atom. The standard InChI is InChI=1S/C23H23Cl2N3O3/c1-4-28(5-2)23(30)15-7-6-8-16(11-15)27-20(29)13-31-22-19(25)12-18(24)17-10-9-14(3)26-21(17)22/h6-12H,4-5,13H2,1-3H3,(H,27,29). The molecule has 0 saturated carbocycles. The maximum absolute atomic E-state index is 12.5. The maximum Gasteiger partial charge on any atom is 0.262 e. The fourth-order valence-electron chi connectivity index (χ4n) is 3.19. The molecular weight excluding hydrogens is 437 g/mol. The number of benzene rings is 2. The van der Waals surface area contributed by atoms with Gasteiger partial charge in [-0.2, -0.15) is 0 Å². The fraction of sp³-hybridized carbons (Fsp3) is 0.261. The van der Waals surface area contributed by atoms with E-state index in [0.717, 1.165) is 5.69 Å². The molecule has 0 bridgehead atoms. The van der Waals surface area contributed by atoms with Crippen molar-refractivity contribution in [3.8, 4) is 5.75 Å². The molecule has 0 unspecified atom stereocenters. The summed E-state index contributed by atoms with van der Waals surface area (Å²) >= 11 is 12.5. The van der Waals surface area contributed by atoms with Crippen LogP contribution in [0.3, 0.4) is 0 Å². The zero-order chi connectivity index (χ0) is 22.5. The first kappa shape index (κ1) is 22.8. The van der Waals surface area contributed by atoms with Crippen molar-refractivity contribution in [1.29, 1.82) is 0 Å². The van der Waals surface area contributed by atoms with Gasteiger partial charge in [0.2, 0.25) is 0 Å². The van der Waals surface area contributed by atoms with Gasteiger partial charge >= 0.3 is 0 Å². The Kier molecular flexibility index (Phi) is 7.36. The summed E-state index contributed by atoms with van der Waals surface area (Å²) in [5.74, 6) is -0.178. The molecule has 2 amide bonds. The Labute approximate surface area is 191 Å². The van der Waals surface area contributed by atoms with Crippen molar-refractivity contribution < 1.29 is 14.3 Å². The number of hydrogen-bond donors (Lipinski definition) is 1. The van der Waals surface area contributed by atoms with E-state index in [9.17, 15) is 9.59 Å². The molecule has 31 heavy (non-hydrogen) atoms. The number of nitrogens with one attached hydrogen (secondary N) is 1.